The molecule has 3 N–H and O–H groups in total. The molecule has 0 aromatic rings. The van der Waals surface area contributed by atoms with E-state index in [9.17, 15) is 0 Å². The van der Waals surface area contributed by atoms with E-state index in [-0.39, 0.29) is 0 Å². The Balaban J connectivity index is 2.32. The van der Waals surface area contributed by atoms with Crippen molar-refractivity contribution >= 4 is 0 Å². The smallest absolute Gasteiger partial charge is 0.0173 e. The van der Waals surface area contributed by atoms with Crippen molar-refractivity contribution in [3.8, 4) is 0 Å². The standard InChI is InChI=1S/C14H30N2/c1-4-14(5-2,6-3)16-11-12-7-9-13(15)10-8-12/h12-13,16H,4-11,15H2,1-3H3. The molecule has 16 heavy (non-hydrogen) atoms. The number of nitrogens with two attached hydrogens (primary N) is 1. The van der Waals surface area contributed by atoms with E-state index < -0.39 is 0 Å². The van der Waals surface area contributed by atoms with Crippen LogP contribution in [0.15, 0.2) is 0 Å². The quantitative estimate of drug-likeness (QED) is 0.730. The molecule has 0 radical (unpaired) electrons. The predicted molar refractivity (Wildman–Crippen MR) is 71.5 cm³/mol. The Bertz CT molecular complexity index is 171. The fraction of sp³-hybridized carbons (Fsp3) is 1.00. The fourth-order valence-electron chi connectivity index (χ4n) is 2.88. The minimum absolute atomic E-state index is 0.388. The van der Waals surface area contributed by atoms with Gasteiger partial charge in [0, 0.05) is 11.6 Å². The Morgan fingerprint density at radius 2 is 1.50 bits per heavy atom. The summed E-state index contributed by atoms with van der Waals surface area (Å²) in [6.07, 6.45) is 8.82. The Hall–Kier alpha value is -0.0800. The van der Waals surface area contributed by atoms with Gasteiger partial charge in [-0.15, -0.1) is 0 Å². The van der Waals surface area contributed by atoms with Crippen LogP contribution in [0.25, 0.3) is 0 Å². The molecule has 0 aromatic heterocycles. The normalized spacial score (nSPS) is 27.0. The molecule has 1 aliphatic rings. The molecule has 0 saturated heterocycles. The van der Waals surface area contributed by atoms with Gasteiger partial charge in [-0.2, -0.15) is 0 Å². The van der Waals surface area contributed by atoms with E-state index >= 15 is 0 Å². The van der Waals surface area contributed by atoms with Crippen LogP contribution in [0.1, 0.15) is 65.7 Å². The van der Waals surface area contributed by atoms with Crippen molar-refractivity contribution in [1.29, 1.82) is 0 Å². The van der Waals surface area contributed by atoms with E-state index in [1.165, 1.54) is 51.5 Å². The zero-order valence-electron chi connectivity index (χ0n) is 11.4. The molecule has 1 saturated carbocycles. The number of hydrogen-bond acceptors (Lipinski definition) is 2. The van der Waals surface area contributed by atoms with Crippen LogP contribution in [0.5, 0.6) is 0 Å². The summed E-state index contributed by atoms with van der Waals surface area (Å²) in [5, 5.41) is 3.83. The SMILES string of the molecule is CCC(CC)(CC)NCC1CCC(N)CC1. The van der Waals surface area contributed by atoms with E-state index in [4.69, 9.17) is 5.73 Å². The summed E-state index contributed by atoms with van der Waals surface area (Å²) in [5.41, 5.74) is 6.33. The number of rotatable bonds is 6. The lowest BCUT2D eigenvalue weighted by atomic mass is 9.84. The summed E-state index contributed by atoms with van der Waals surface area (Å²) in [5.74, 6) is 0.865. The van der Waals surface area contributed by atoms with Gasteiger partial charge in [0.2, 0.25) is 0 Å². The van der Waals surface area contributed by atoms with Crippen molar-refractivity contribution in [1.82, 2.24) is 5.32 Å². The third-order valence-corrected chi connectivity index (χ3v) is 4.69. The molecule has 2 heteroatoms. The predicted octanol–water partition coefficient (Wildman–Crippen LogP) is 3.06. The maximum absolute atomic E-state index is 5.94. The zero-order chi connectivity index (χ0) is 12.0. The van der Waals surface area contributed by atoms with Crippen molar-refractivity contribution in [2.45, 2.75) is 77.3 Å². The highest BCUT2D eigenvalue weighted by atomic mass is 15.0. The topological polar surface area (TPSA) is 38.0 Å². The first kappa shape index (κ1) is 14.0. The second-order valence-electron chi connectivity index (χ2n) is 5.50. The third kappa shape index (κ3) is 3.74. The summed E-state index contributed by atoms with van der Waals surface area (Å²) in [6.45, 7) is 8.10. The van der Waals surface area contributed by atoms with E-state index in [2.05, 4.69) is 26.1 Å². The highest BCUT2D eigenvalue weighted by Crippen LogP contribution is 2.25. The lowest BCUT2D eigenvalue weighted by Crippen LogP contribution is -2.46. The van der Waals surface area contributed by atoms with Crippen molar-refractivity contribution in [2.24, 2.45) is 11.7 Å². The van der Waals surface area contributed by atoms with Crippen LogP contribution in [-0.2, 0) is 0 Å². The summed E-state index contributed by atoms with van der Waals surface area (Å²) >= 11 is 0. The summed E-state index contributed by atoms with van der Waals surface area (Å²) in [6, 6.07) is 0.476. The molecule has 0 bridgehead atoms. The zero-order valence-corrected chi connectivity index (χ0v) is 11.4. The minimum atomic E-state index is 0.388. The van der Waals surface area contributed by atoms with Crippen LogP contribution >= 0.6 is 0 Å². The second kappa shape index (κ2) is 6.61. The molecule has 0 aliphatic heterocycles. The highest BCUT2D eigenvalue weighted by molar-refractivity contribution is 4.86. The van der Waals surface area contributed by atoms with Gasteiger partial charge in [0.25, 0.3) is 0 Å². The van der Waals surface area contributed by atoms with E-state index in [1.54, 1.807) is 0 Å². The summed E-state index contributed by atoms with van der Waals surface area (Å²) in [7, 11) is 0. The van der Waals surface area contributed by atoms with Gasteiger partial charge in [-0.1, -0.05) is 20.8 Å². The molecule has 0 amide bonds. The molecule has 1 fully saturated rings. The maximum atomic E-state index is 5.94. The molecule has 1 rings (SSSR count). The average Bonchev–Trinajstić information content (AvgIpc) is 2.34. The number of hydrogen-bond donors (Lipinski definition) is 2. The Labute approximate surface area is 101 Å². The molecule has 2 nitrogen and oxygen atoms in total. The Morgan fingerprint density at radius 1 is 1.00 bits per heavy atom. The van der Waals surface area contributed by atoms with Crippen LogP contribution in [0, 0.1) is 5.92 Å². The first-order valence-corrected chi connectivity index (χ1v) is 7.16. The van der Waals surface area contributed by atoms with Gasteiger partial charge in [-0.05, 0) is 57.4 Å². The van der Waals surface area contributed by atoms with Gasteiger partial charge in [0.05, 0.1) is 0 Å². The third-order valence-electron chi connectivity index (χ3n) is 4.69. The lowest BCUT2D eigenvalue weighted by molar-refractivity contribution is 0.239. The van der Waals surface area contributed by atoms with Crippen LogP contribution in [0.3, 0.4) is 0 Å². The van der Waals surface area contributed by atoms with Crippen molar-refractivity contribution in [3.05, 3.63) is 0 Å². The van der Waals surface area contributed by atoms with Gasteiger partial charge in [0.1, 0.15) is 0 Å². The highest BCUT2D eigenvalue weighted by Gasteiger charge is 2.25. The van der Waals surface area contributed by atoms with Crippen LogP contribution < -0.4 is 11.1 Å². The van der Waals surface area contributed by atoms with Gasteiger partial charge >= 0.3 is 0 Å². The van der Waals surface area contributed by atoms with E-state index in [0.29, 0.717) is 11.6 Å². The van der Waals surface area contributed by atoms with Gasteiger partial charge in [0.15, 0.2) is 0 Å². The van der Waals surface area contributed by atoms with Gasteiger partial charge in [-0.3, -0.25) is 0 Å². The molecule has 0 unspecified atom stereocenters. The van der Waals surface area contributed by atoms with E-state index in [1.807, 2.05) is 0 Å². The fourth-order valence-corrected chi connectivity index (χ4v) is 2.88. The van der Waals surface area contributed by atoms with E-state index in [0.717, 1.165) is 5.92 Å². The van der Waals surface area contributed by atoms with Crippen LogP contribution in [-0.4, -0.2) is 18.1 Å². The maximum Gasteiger partial charge on any atom is 0.0173 e. The molecule has 0 heterocycles. The monoisotopic (exact) mass is 226 g/mol. The Morgan fingerprint density at radius 3 is 1.94 bits per heavy atom. The lowest BCUT2D eigenvalue weighted by Gasteiger charge is -2.35. The molecule has 0 spiro atoms. The van der Waals surface area contributed by atoms with Crippen molar-refractivity contribution in [3.63, 3.8) is 0 Å². The Kier molecular flexibility index (Phi) is 5.77. The van der Waals surface area contributed by atoms with Crippen LogP contribution in [0.4, 0.5) is 0 Å². The van der Waals surface area contributed by atoms with Crippen LogP contribution in [0.2, 0.25) is 0 Å². The molecule has 96 valence electrons. The number of nitrogens with one attached hydrogen (secondary N) is 1. The summed E-state index contributed by atoms with van der Waals surface area (Å²) < 4.78 is 0. The first-order chi connectivity index (χ1) is 7.65. The van der Waals surface area contributed by atoms with Crippen molar-refractivity contribution in [2.75, 3.05) is 6.54 Å². The summed E-state index contributed by atoms with van der Waals surface area (Å²) in [4.78, 5) is 0. The molecular weight excluding hydrogens is 196 g/mol. The largest absolute Gasteiger partial charge is 0.328 e. The van der Waals surface area contributed by atoms with Gasteiger partial charge < -0.3 is 11.1 Å². The molecule has 0 aromatic carbocycles. The molecule has 0 atom stereocenters. The van der Waals surface area contributed by atoms with Crippen molar-refractivity contribution < 1.29 is 0 Å². The molecule has 1 aliphatic carbocycles. The second-order valence-corrected chi connectivity index (χ2v) is 5.50. The molecular formula is C14H30N2. The average molecular weight is 226 g/mol. The minimum Gasteiger partial charge on any atom is -0.328 e. The van der Waals surface area contributed by atoms with Gasteiger partial charge in [-0.25, -0.2) is 0 Å². The first-order valence-electron chi connectivity index (χ1n) is 7.16.